The van der Waals surface area contributed by atoms with Crippen molar-refractivity contribution >= 4 is 11.6 Å². The Morgan fingerprint density at radius 3 is 2.62 bits per heavy atom. The topological polar surface area (TPSA) is 12.0 Å². The van der Waals surface area contributed by atoms with Crippen LogP contribution in [-0.4, -0.2) is 13.1 Å². The third kappa shape index (κ3) is 4.54. The molecule has 0 aliphatic rings. The largest absolute Gasteiger partial charge is 0.317 e. The van der Waals surface area contributed by atoms with Gasteiger partial charge in [-0.15, -0.1) is 0 Å². The van der Waals surface area contributed by atoms with Crippen LogP contribution in [0.4, 0.5) is 0 Å². The molecule has 0 saturated carbocycles. The van der Waals surface area contributed by atoms with Crippen LogP contribution in [0.1, 0.15) is 26.3 Å². The number of hydrogen-bond donors (Lipinski definition) is 1. The van der Waals surface area contributed by atoms with Crippen molar-refractivity contribution in [2.24, 2.45) is 11.8 Å². The third-order valence-corrected chi connectivity index (χ3v) is 3.37. The quantitative estimate of drug-likeness (QED) is 0.797. The van der Waals surface area contributed by atoms with Crippen LogP contribution < -0.4 is 5.32 Å². The molecule has 1 rings (SSSR count). The predicted molar refractivity (Wildman–Crippen MR) is 72.0 cm³/mol. The van der Waals surface area contributed by atoms with Gasteiger partial charge < -0.3 is 5.32 Å². The van der Waals surface area contributed by atoms with Crippen molar-refractivity contribution in [2.45, 2.75) is 27.2 Å². The van der Waals surface area contributed by atoms with Crippen LogP contribution in [0.25, 0.3) is 0 Å². The van der Waals surface area contributed by atoms with E-state index in [1.807, 2.05) is 12.1 Å². The number of halogens is 1. The van der Waals surface area contributed by atoms with Gasteiger partial charge >= 0.3 is 0 Å². The van der Waals surface area contributed by atoms with Crippen LogP contribution in [-0.2, 0) is 6.42 Å². The third-order valence-electron chi connectivity index (χ3n) is 3.13. The van der Waals surface area contributed by atoms with E-state index in [1.54, 1.807) is 0 Å². The van der Waals surface area contributed by atoms with E-state index >= 15 is 0 Å². The molecule has 0 saturated heterocycles. The summed E-state index contributed by atoms with van der Waals surface area (Å²) in [6.45, 7) is 8.90. The number of hydrogen-bond acceptors (Lipinski definition) is 1. The Bertz CT molecular complexity index is 311. The average Bonchev–Trinajstić information content (AvgIpc) is 2.25. The van der Waals surface area contributed by atoms with Crippen molar-refractivity contribution < 1.29 is 0 Å². The zero-order valence-electron chi connectivity index (χ0n) is 10.5. The van der Waals surface area contributed by atoms with Crippen LogP contribution >= 0.6 is 11.6 Å². The van der Waals surface area contributed by atoms with Crippen LogP contribution in [0, 0.1) is 11.8 Å². The lowest BCUT2D eigenvalue weighted by atomic mass is 9.89. The minimum Gasteiger partial charge on any atom is -0.317 e. The maximum atomic E-state index is 5.98. The second-order valence-electron chi connectivity index (χ2n) is 4.60. The molecule has 0 aliphatic carbocycles. The van der Waals surface area contributed by atoms with Gasteiger partial charge in [0.15, 0.2) is 0 Å². The van der Waals surface area contributed by atoms with Gasteiger partial charge in [0.25, 0.3) is 0 Å². The van der Waals surface area contributed by atoms with E-state index in [0.29, 0.717) is 11.8 Å². The van der Waals surface area contributed by atoms with Crippen molar-refractivity contribution in [3.05, 3.63) is 34.9 Å². The zero-order chi connectivity index (χ0) is 12.0. The Labute approximate surface area is 104 Å². The molecule has 1 nitrogen and oxygen atoms in total. The average molecular weight is 240 g/mol. The summed E-state index contributed by atoms with van der Waals surface area (Å²) < 4.78 is 0. The van der Waals surface area contributed by atoms with Crippen molar-refractivity contribution in [1.29, 1.82) is 0 Å². The summed E-state index contributed by atoms with van der Waals surface area (Å²) in [7, 11) is 0. The fourth-order valence-corrected chi connectivity index (χ4v) is 2.02. The molecule has 1 aromatic carbocycles. The summed E-state index contributed by atoms with van der Waals surface area (Å²) >= 11 is 5.98. The number of rotatable bonds is 6. The summed E-state index contributed by atoms with van der Waals surface area (Å²) in [5.74, 6) is 1.37. The lowest BCUT2D eigenvalue weighted by molar-refractivity contribution is 0.368. The fraction of sp³-hybridized carbons (Fsp3) is 0.571. The minimum atomic E-state index is 0.678. The Morgan fingerprint density at radius 2 is 2.00 bits per heavy atom. The molecular weight excluding hydrogens is 218 g/mol. The van der Waals surface area contributed by atoms with Gasteiger partial charge in [-0.25, -0.2) is 0 Å². The highest BCUT2D eigenvalue weighted by atomic mass is 35.5. The molecule has 0 spiro atoms. The van der Waals surface area contributed by atoms with E-state index in [-0.39, 0.29) is 0 Å². The molecule has 0 radical (unpaired) electrons. The molecule has 0 heterocycles. The minimum absolute atomic E-state index is 0.678. The summed E-state index contributed by atoms with van der Waals surface area (Å²) in [4.78, 5) is 0. The molecule has 0 aliphatic heterocycles. The molecule has 0 bridgehead atoms. The van der Waals surface area contributed by atoms with Crippen LogP contribution in [0.3, 0.4) is 0 Å². The Hall–Kier alpha value is -0.530. The van der Waals surface area contributed by atoms with Crippen molar-refractivity contribution in [3.8, 4) is 0 Å². The maximum Gasteiger partial charge on any atom is 0.0408 e. The highest BCUT2D eigenvalue weighted by Gasteiger charge is 2.12. The monoisotopic (exact) mass is 239 g/mol. The zero-order valence-corrected chi connectivity index (χ0v) is 11.2. The highest BCUT2D eigenvalue weighted by molar-refractivity contribution is 6.30. The Balaban J connectivity index is 2.47. The van der Waals surface area contributed by atoms with Crippen LogP contribution in [0.15, 0.2) is 24.3 Å². The SMILES string of the molecule is CCNCC(C)C(C)Cc1cccc(Cl)c1. The van der Waals surface area contributed by atoms with Gasteiger partial charge in [-0.05, 0) is 49.0 Å². The van der Waals surface area contributed by atoms with E-state index in [0.717, 1.165) is 24.5 Å². The van der Waals surface area contributed by atoms with E-state index in [9.17, 15) is 0 Å². The van der Waals surface area contributed by atoms with Gasteiger partial charge in [0.1, 0.15) is 0 Å². The lowest BCUT2D eigenvalue weighted by Crippen LogP contribution is -2.25. The van der Waals surface area contributed by atoms with Crippen molar-refractivity contribution in [1.82, 2.24) is 5.32 Å². The molecule has 1 N–H and O–H groups in total. The summed E-state index contributed by atoms with van der Waals surface area (Å²) in [5, 5.41) is 4.24. The predicted octanol–water partition coefficient (Wildman–Crippen LogP) is 3.76. The smallest absolute Gasteiger partial charge is 0.0408 e. The first kappa shape index (κ1) is 13.5. The summed E-state index contributed by atoms with van der Waals surface area (Å²) in [6, 6.07) is 8.18. The molecule has 90 valence electrons. The van der Waals surface area contributed by atoms with E-state index in [4.69, 9.17) is 11.6 Å². The van der Waals surface area contributed by atoms with E-state index < -0.39 is 0 Å². The number of benzene rings is 1. The first-order chi connectivity index (χ1) is 7.63. The Kier molecular flexibility index (Phi) is 5.86. The van der Waals surface area contributed by atoms with Gasteiger partial charge in [0.2, 0.25) is 0 Å². The van der Waals surface area contributed by atoms with Crippen molar-refractivity contribution in [2.75, 3.05) is 13.1 Å². The van der Waals surface area contributed by atoms with Gasteiger partial charge in [0, 0.05) is 5.02 Å². The highest BCUT2D eigenvalue weighted by Crippen LogP contribution is 2.19. The van der Waals surface area contributed by atoms with Crippen molar-refractivity contribution in [3.63, 3.8) is 0 Å². The molecule has 2 unspecified atom stereocenters. The molecule has 0 aromatic heterocycles. The van der Waals surface area contributed by atoms with Gasteiger partial charge in [0.05, 0.1) is 0 Å². The Morgan fingerprint density at radius 1 is 1.25 bits per heavy atom. The summed E-state index contributed by atoms with van der Waals surface area (Å²) in [5.41, 5.74) is 1.34. The molecule has 2 heteroatoms. The fourth-order valence-electron chi connectivity index (χ4n) is 1.81. The maximum absolute atomic E-state index is 5.98. The first-order valence-corrected chi connectivity index (χ1v) is 6.46. The van der Waals surface area contributed by atoms with Crippen LogP contribution in [0.5, 0.6) is 0 Å². The normalized spacial score (nSPS) is 14.8. The molecular formula is C14H22ClN. The molecule has 0 amide bonds. The van der Waals surface area contributed by atoms with Gasteiger partial charge in [-0.2, -0.15) is 0 Å². The standard InChI is InChI=1S/C14H22ClN/c1-4-16-10-12(3)11(2)8-13-6-5-7-14(15)9-13/h5-7,9,11-12,16H,4,8,10H2,1-3H3. The van der Waals surface area contributed by atoms with E-state index in [2.05, 4.69) is 38.2 Å². The molecule has 0 fully saturated rings. The van der Waals surface area contributed by atoms with E-state index in [1.165, 1.54) is 5.56 Å². The van der Waals surface area contributed by atoms with Crippen LogP contribution in [0.2, 0.25) is 5.02 Å². The summed E-state index contributed by atoms with van der Waals surface area (Å²) in [6.07, 6.45) is 1.10. The number of nitrogens with one attached hydrogen (secondary N) is 1. The molecule has 2 atom stereocenters. The van der Waals surface area contributed by atoms with Gasteiger partial charge in [-0.1, -0.05) is 44.5 Å². The second-order valence-corrected chi connectivity index (χ2v) is 5.03. The molecule has 16 heavy (non-hydrogen) atoms. The van der Waals surface area contributed by atoms with Gasteiger partial charge in [-0.3, -0.25) is 0 Å². The first-order valence-electron chi connectivity index (χ1n) is 6.08. The lowest BCUT2D eigenvalue weighted by Gasteiger charge is -2.20. The molecule has 1 aromatic rings. The second kappa shape index (κ2) is 6.93.